The normalized spacial score (nSPS) is 11.4. The summed E-state index contributed by atoms with van der Waals surface area (Å²) in [6.45, 7) is 1.36. The lowest BCUT2D eigenvalue weighted by molar-refractivity contribution is 0.354. The zero-order chi connectivity index (χ0) is 19.1. The number of aromatic amines is 1. The Morgan fingerprint density at radius 1 is 1.07 bits per heavy atom. The third kappa shape index (κ3) is 4.69. The van der Waals surface area contributed by atoms with Crippen LogP contribution < -0.4 is 20.1 Å². The predicted octanol–water partition coefficient (Wildman–Crippen LogP) is 2.49. The van der Waals surface area contributed by atoms with Gasteiger partial charge in [0.1, 0.15) is 5.82 Å². The van der Waals surface area contributed by atoms with Crippen LogP contribution in [0.5, 0.6) is 11.5 Å². The van der Waals surface area contributed by atoms with Crippen LogP contribution in [0, 0.1) is 0 Å². The molecule has 27 heavy (non-hydrogen) atoms. The third-order valence-electron chi connectivity index (χ3n) is 4.22. The van der Waals surface area contributed by atoms with Gasteiger partial charge in [0.05, 0.1) is 25.3 Å². The van der Waals surface area contributed by atoms with Crippen LogP contribution in [-0.4, -0.2) is 43.7 Å². The van der Waals surface area contributed by atoms with Gasteiger partial charge in [-0.2, -0.15) is 0 Å². The zero-order valence-electron chi connectivity index (χ0n) is 15.9. The summed E-state index contributed by atoms with van der Waals surface area (Å²) in [5, 5.41) is 6.61. The number of aliphatic imine (C=N–C) groups is 1. The topological polar surface area (TPSA) is 83.6 Å². The van der Waals surface area contributed by atoms with E-state index in [0.29, 0.717) is 12.3 Å². The molecule has 0 fully saturated rings. The van der Waals surface area contributed by atoms with Gasteiger partial charge in [-0.25, -0.2) is 4.98 Å². The Hall–Kier alpha value is -3.22. The van der Waals surface area contributed by atoms with E-state index in [2.05, 4.69) is 25.6 Å². The molecule has 0 amide bonds. The minimum atomic E-state index is 0.630. The van der Waals surface area contributed by atoms with Gasteiger partial charge in [-0.3, -0.25) is 4.99 Å². The summed E-state index contributed by atoms with van der Waals surface area (Å²) in [5.41, 5.74) is 3.12. The number of nitrogens with zero attached hydrogens (tertiary/aromatic N) is 2. The van der Waals surface area contributed by atoms with Crippen LogP contribution >= 0.6 is 0 Å². The molecule has 3 N–H and O–H groups in total. The minimum absolute atomic E-state index is 0.630. The second kappa shape index (κ2) is 8.93. The van der Waals surface area contributed by atoms with E-state index < -0.39 is 0 Å². The molecule has 1 heterocycles. The lowest BCUT2D eigenvalue weighted by Gasteiger charge is -2.13. The van der Waals surface area contributed by atoms with Crippen molar-refractivity contribution in [1.82, 2.24) is 20.6 Å². The number of hydrogen-bond donors (Lipinski definition) is 3. The first-order chi connectivity index (χ1) is 13.2. The molecule has 7 heteroatoms. The number of para-hydroxylation sites is 2. The highest BCUT2D eigenvalue weighted by Crippen LogP contribution is 2.27. The fourth-order valence-corrected chi connectivity index (χ4v) is 2.82. The van der Waals surface area contributed by atoms with Gasteiger partial charge >= 0.3 is 0 Å². The minimum Gasteiger partial charge on any atom is -0.493 e. The van der Waals surface area contributed by atoms with E-state index in [1.54, 1.807) is 21.3 Å². The quantitative estimate of drug-likeness (QED) is 0.441. The summed E-state index contributed by atoms with van der Waals surface area (Å²) in [6, 6.07) is 13.9. The van der Waals surface area contributed by atoms with Crippen LogP contribution in [0.4, 0.5) is 0 Å². The van der Waals surface area contributed by atoms with Gasteiger partial charge in [-0.05, 0) is 29.8 Å². The molecule has 3 aromatic rings. The molecule has 0 radical (unpaired) electrons. The van der Waals surface area contributed by atoms with Gasteiger partial charge in [-0.15, -0.1) is 0 Å². The molecule has 142 valence electrons. The Morgan fingerprint density at radius 3 is 2.63 bits per heavy atom. The van der Waals surface area contributed by atoms with E-state index in [9.17, 15) is 0 Å². The molecule has 0 aliphatic carbocycles. The molecule has 0 spiro atoms. The molecule has 0 unspecified atom stereocenters. The Morgan fingerprint density at radius 2 is 1.89 bits per heavy atom. The average Bonchev–Trinajstić information content (AvgIpc) is 3.13. The Bertz CT molecular complexity index is 887. The summed E-state index contributed by atoms with van der Waals surface area (Å²) >= 11 is 0. The van der Waals surface area contributed by atoms with Gasteiger partial charge in [0.25, 0.3) is 0 Å². The highest BCUT2D eigenvalue weighted by Gasteiger charge is 2.06. The van der Waals surface area contributed by atoms with E-state index >= 15 is 0 Å². The number of aromatic nitrogens is 2. The predicted molar refractivity (Wildman–Crippen MR) is 108 cm³/mol. The van der Waals surface area contributed by atoms with Crippen LogP contribution in [0.1, 0.15) is 11.4 Å². The summed E-state index contributed by atoms with van der Waals surface area (Å²) in [7, 11) is 5.02. The van der Waals surface area contributed by atoms with Crippen LogP contribution in [0.2, 0.25) is 0 Å². The smallest absolute Gasteiger partial charge is 0.191 e. The summed E-state index contributed by atoms with van der Waals surface area (Å²) < 4.78 is 10.6. The first-order valence-electron chi connectivity index (χ1n) is 8.82. The lowest BCUT2D eigenvalue weighted by atomic mass is 10.2. The van der Waals surface area contributed by atoms with Gasteiger partial charge in [-0.1, -0.05) is 18.2 Å². The molecule has 0 saturated carbocycles. The number of hydrogen-bond acceptors (Lipinski definition) is 4. The van der Waals surface area contributed by atoms with Crippen LogP contribution in [-0.2, 0) is 13.0 Å². The third-order valence-corrected chi connectivity index (χ3v) is 4.22. The standard InChI is InChI=1S/C20H25N5O2/c1-21-20(23-13-14-8-9-17(26-2)18(12-14)27-3)22-11-10-19-24-15-6-4-5-7-16(15)25-19/h4-9,12H,10-11,13H2,1-3H3,(H,24,25)(H2,21,22,23). The first-order valence-corrected chi connectivity index (χ1v) is 8.82. The molecule has 2 aromatic carbocycles. The van der Waals surface area contributed by atoms with Crippen LogP contribution in [0.25, 0.3) is 11.0 Å². The van der Waals surface area contributed by atoms with E-state index in [1.165, 1.54) is 0 Å². The van der Waals surface area contributed by atoms with Crippen molar-refractivity contribution in [3.05, 3.63) is 53.9 Å². The fraction of sp³-hybridized carbons (Fsp3) is 0.300. The van der Waals surface area contributed by atoms with Crippen molar-refractivity contribution in [2.75, 3.05) is 27.8 Å². The van der Waals surface area contributed by atoms with Crippen molar-refractivity contribution >= 4 is 17.0 Å². The Kier molecular flexibility index (Phi) is 6.14. The maximum atomic E-state index is 5.34. The molecular formula is C20H25N5O2. The summed E-state index contributed by atoms with van der Waals surface area (Å²) in [6.07, 6.45) is 0.783. The van der Waals surface area contributed by atoms with Crippen molar-refractivity contribution in [3.63, 3.8) is 0 Å². The van der Waals surface area contributed by atoms with Gasteiger partial charge in [0, 0.05) is 26.6 Å². The molecule has 0 atom stereocenters. The highest BCUT2D eigenvalue weighted by atomic mass is 16.5. The maximum Gasteiger partial charge on any atom is 0.191 e. The van der Waals surface area contributed by atoms with Gasteiger partial charge in [0.2, 0.25) is 0 Å². The van der Waals surface area contributed by atoms with Crippen LogP contribution in [0.15, 0.2) is 47.5 Å². The highest BCUT2D eigenvalue weighted by molar-refractivity contribution is 5.79. The number of nitrogens with one attached hydrogen (secondary N) is 3. The van der Waals surface area contributed by atoms with Crippen molar-refractivity contribution in [3.8, 4) is 11.5 Å². The van der Waals surface area contributed by atoms with E-state index in [1.807, 2.05) is 42.5 Å². The number of fused-ring (bicyclic) bond motifs is 1. The number of imidazole rings is 1. The number of ether oxygens (including phenoxy) is 2. The Balaban J connectivity index is 1.50. The molecule has 7 nitrogen and oxygen atoms in total. The molecule has 1 aromatic heterocycles. The van der Waals surface area contributed by atoms with E-state index in [-0.39, 0.29) is 0 Å². The molecule has 0 aliphatic rings. The number of rotatable bonds is 7. The lowest BCUT2D eigenvalue weighted by Crippen LogP contribution is -2.37. The number of benzene rings is 2. The second-order valence-corrected chi connectivity index (χ2v) is 5.99. The van der Waals surface area contributed by atoms with Crippen LogP contribution in [0.3, 0.4) is 0 Å². The van der Waals surface area contributed by atoms with Gasteiger partial charge in [0.15, 0.2) is 17.5 Å². The number of methoxy groups -OCH3 is 2. The summed E-state index contributed by atoms with van der Waals surface area (Å²) in [5.74, 6) is 3.12. The van der Waals surface area contributed by atoms with Crippen molar-refractivity contribution < 1.29 is 9.47 Å². The molecule has 3 rings (SSSR count). The zero-order valence-corrected chi connectivity index (χ0v) is 15.9. The molecule has 0 saturated heterocycles. The monoisotopic (exact) mass is 367 g/mol. The van der Waals surface area contributed by atoms with E-state index in [4.69, 9.17) is 9.47 Å². The number of guanidine groups is 1. The Labute approximate surface area is 158 Å². The molecule has 0 bridgehead atoms. The average molecular weight is 367 g/mol. The number of H-pyrrole nitrogens is 1. The summed E-state index contributed by atoms with van der Waals surface area (Å²) in [4.78, 5) is 12.2. The molecular weight excluding hydrogens is 342 g/mol. The first kappa shape index (κ1) is 18.6. The van der Waals surface area contributed by atoms with Crippen molar-refractivity contribution in [2.45, 2.75) is 13.0 Å². The van der Waals surface area contributed by atoms with Gasteiger partial charge < -0.3 is 25.1 Å². The largest absolute Gasteiger partial charge is 0.493 e. The second-order valence-electron chi connectivity index (χ2n) is 5.99. The maximum absolute atomic E-state index is 5.34. The fourth-order valence-electron chi connectivity index (χ4n) is 2.82. The van der Waals surface area contributed by atoms with Crippen molar-refractivity contribution in [1.29, 1.82) is 0 Å². The van der Waals surface area contributed by atoms with E-state index in [0.717, 1.165) is 47.1 Å². The molecule has 0 aliphatic heterocycles. The van der Waals surface area contributed by atoms with Crippen molar-refractivity contribution in [2.24, 2.45) is 4.99 Å². The SMILES string of the molecule is CN=C(NCCc1nc2ccccc2[nH]1)NCc1ccc(OC)c(OC)c1.